The smallest absolute Gasteiger partial charge is 0.170 e. The van der Waals surface area contributed by atoms with Crippen LogP contribution in [0.5, 0.6) is 5.75 Å². The topological polar surface area (TPSA) is 88.8 Å². The van der Waals surface area contributed by atoms with Crippen LogP contribution in [0.4, 0.5) is 15.9 Å². The van der Waals surface area contributed by atoms with Crippen LogP contribution in [0.2, 0.25) is 0 Å². The number of aromatic nitrogens is 3. The van der Waals surface area contributed by atoms with E-state index in [-0.39, 0.29) is 5.75 Å². The van der Waals surface area contributed by atoms with Crippen molar-refractivity contribution in [3.8, 4) is 17.0 Å². The monoisotopic (exact) mass is 495 g/mol. The molecule has 0 aliphatic rings. The first kappa shape index (κ1) is 24.3. The van der Waals surface area contributed by atoms with E-state index in [0.717, 1.165) is 45.3 Å². The third kappa shape index (κ3) is 4.85. The molecule has 6 nitrogen and oxygen atoms in total. The summed E-state index contributed by atoms with van der Waals surface area (Å²) in [6.45, 7) is 6.32. The maximum atomic E-state index is 15.9. The molecule has 0 spiro atoms. The SMILES string of the molecule is CCOc1cc(CC)cc(C(Nc2ccc3c(N)nccc3c2)c2nc(-c3ccccc3C)c[nH]2)c1F. The van der Waals surface area contributed by atoms with E-state index >= 15 is 4.39 Å². The van der Waals surface area contributed by atoms with Gasteiger partial charge in [0.1, 0.15) is 17.7 Å². The van der Waals surface area contributed by atoms with Gasteiger partial charge in [-0.05, 0) is 67.1 Å². The van der Waals surface area contributed by atoms with Crippen LogP contribution in [-0.4, -0.2) is 21.6 Å². The van der Waals surface area contributed by atoms with Crippen molar-refractivity contribution in [2.24, 2.45) is 0 Å². The number of fused-ring (bicyclic) bond motifs is 1. The number of H-pyrrole nitrogens is 1. The number of nitrogens with zero attached hydrogens (tertiary/aromatic N) is 2. The number of aryl methyl sites for hydroxylation is 2. The molecule has 4 N–H and O–H groups in total. The van der Waals surface area contributed by atoms with Gasteiger partial charge < -0.3 is 20.8 Å². The first-order valence-electron chi connectivity index (χ1n) is 12.5. The Balaban J connectivity index is 1.63. The molecule has 0 radical (unpaired) electrons. The molecule has 0 bridgehead atoms. The van der Waals surface area contributed by atoms with Crippen LogP contribution in [0.25, 0.3) is 22.0 Å². The number of hydrogen-bond acceptors (Lipinski definition) is 5. The fourth-order valence-electron chi connectivity index (χ4n) is 4.59. The van der Waals surface area contributed by atoms with Gasteiger partial charge in [0.15, 0.2) is 11.6 Å². The Morgan fingerprint density at radius 2 is 1.92 bits per heavy atom. The molecule has 1 atom stereocenters. The molecule has 0 saturated heterocycles. The lowest BCUT2D eigenvalue weighted by Gasteiger charge is -2.22. The van der Waals surface area contributed by atoms with Crippen molar-refractivity contribution >= 4 is 22.3 Å². The number of benzene rings is 3. The number of halogens is 1. The number of rotatable bonds is 8. The summed E-state index contributed by atoms with van der Waals surface area (Å²) in [5.74, 6) is 0.908. The van der Waals surface area contributed by atoms with Crippen molar-refractivity contribution in [2.75, 3.05) is 17.7 Å². The Morgan fingerprint density at radius 3 is 2.70 bits per heavy atom. The van der Waals surface area contributed by atoms with Gasteiger partial charge in [-0.15, -0.1) is 0 Å². The average Bonchev–Trinajstić information content (AvgIpc) is 3.39. The van der Waals surface area contributed by atoms with Gasteiger partial charge in [-0.2, -0.15) is 0 Å². The van der Waals surface area contributed by atoms with E-state index in [9.17, 15) is 0 Å². The maximum Gasteiger partial charge on any atom is 0.170 e. The number of anilines is 2. The van der Waals surface area contributed by atoms with Crippen LogP contribution in [0, 0.1) is 12.7 Å². The van der Waals surface area contributed by atoms with Gasteiger partial charge in [-0.25, -0.2) is 14.4 Å². The van der Waals surface area contributed by atoms with Crippen LogP contribution in [0.3, 0.4) is 0 Å². The van der Waals surface area contributed by atoms with Gasteiger partial charge in [0.25, 0.3) is 0 Å². The zero-order valence-corrected chi connectivity index (χ0v) is 21.2. The van der Waals surface area contributed by atoms with Gasteiger partial charge in [-0.1, -0.05) is 37.3 Å². The summed E-state index contributed by atoms with van der Waals surface area (Å²) in [7, 11) is 0. The predicted molar refractivity (Wildman–Crippen MR) is 147 cm³/mol. The minimum Gasteiger partial charge on any atom is -0.491 e. The lowest BCUT2D eigenvalue weighted by atomic mass is 9.99. The Kier molecular flexibility index (Phi) is 6.77. The molecule has 2 aromatic heterocycles. The summed E-state index contributed by atoms with van der Waals surface area (Å²) in [6, 6.07) is 18.9. The minimum atomic E-state index is -0.597. The second-order valence-corrected chi connectivity index (χ2v) is 8.98. The van der Waals surface area contributed by atoms with Gasteiger partial charge in [-0.3, -0.25) is 0 Å². The zero-order valence-electron chi connectivity index (χ0n) is 21.2. The molecule has 0 aliphatic carbocycles. The quantitative estimate of drug-likeness (QED) is 0.220. The normalized spacial score (nSPS) is 12.0. The Hall–Kier alpha value is -4.39. The first-order valence-corrected chi connectivity index (χ1v) is 12.5. The third-order valence-corrected chi connectivity index (χ3v) is 6.54. The molecule has 7 heteroatoms. The Labute approximate surface area is 215 Å². The average molecular weight is 496 g/mol. The standard InChI is InChI=1S/C30H30FN5O/c1-4-19-14-24(27(31)26(15-19)37-5-2)28(30-34-17-25(36-30)22-9-7-6-8-18(22)3)35-21-10-11-23-20(16-21)12-13-33-29(23)32/h6-17,28,35H,4-5H2,1-3H3,(H2,32,33)(H,34,36). The van der Waals surface area contributed by atoms with Crippen LogP contribution in [0.1, 0.15) is 42.4 Å². The van der Waals surface area contributed by atoms with E-state index in [1.54, 1.807) is 12.3 Å². The van der Waals surface area contributed by atoms with Gasteiger partial charge >= 0.3 is 0 Å². The third-order valence-electron chi connectivity index (χ3n) is 6.54. The number of nitrogens with two attached hydrogens (primary N) is 1. The number of ether oxygens (including phenoxy) is 1. The molecule has 5 aromatic rings. The number of pyridine rings is 1. The highest BCUT2D eigenvalue weighted by Gasteiger charge is 2.25. The number of nitrogens with one attached hydrogen (secondary N) is 2. The highest BCUT2D eigenvalue weighted by atomic mass is 19.1. The van der Waals surface area contributed by atoms with Gasteiger partial charge in [0.2, 0.25) is 0 Å². The van der Waals surface area contributed by atoms with Gasteiger partial charge in [0.05, 0.1) is 12.3 Å². The zero-order chi connectivity index (χ0) is 25.9. The van der Waals surface area contributed by atoms with Crippen molar-refractivity contribution in [1.82, 2.24) is 15.0 Å². The van der Waals surface area contributed by atoms with E-state index in [0.29, 0.717) is 23.8 Å². The summed E-state index contributed by atoms with van der Waals surface area (Å²) in [6.07, 6.45) is 4.29. The highest BCUT2D eigenvalue weighted by molar-refractivity contribution is 5.93. The Morgan fingerprint density at radius 1 is 1.08 bits per heavy atom. The van der Waals surface area contributed by atoms with Crippen LogP contribution in [-0.2, 0) is 6.42 Å². The second-order valence-electron chi connectivity index (χ2n) is 8.98. The van der Waals surface area contributed by atoms with Crippen LogP contribution < -0.4 is 15.8 Å². The van der Waals surface area contributed by atoms with Crippen molar-refractivity contribution in [1.29, 1.82) is 0 Å². The van der Waals surface area contributed by atoms with E-state index in [2.05, 4.69) is 15.3 Å². The van der Waals surface area contributed by atoms with E-state index < -0.39 is 11.9 Å². The van der Waals surface area contributed by atoms with E-state index in [4.69, 9.17) is 15.5 Å². The summed E-state index contributed by atoms with van der Waals surface area (Å²) < 4.78 is 21.5. The number of aromatic amines is 1. The Bertz CT molecular complexity index is 1560. The first-order chi connectivity index (χ1) is 18.0. The van der Waals surface area contributed by atoms with Crippen molar-refractivity contribution in [3.05, 3.63) is 101 Å². The molecule has 188 valence electrons. The summed E-state index contributed by atoms with van der Waals surface area (Å²) >= 11 is 0. The van der Waals surface area contributed by atoms with Crippen molar-refractivity contribution in [3.63, 3.8) is 0 Å². The minimum absolute atomic E-state index is 0.242. The lowest BCUT2D eigenvalue weighted by Crippen LogP contribution is -2.17. The summed E-state index contributed by atoms with van der Waals surface area (Å²) in [4.78, 5) is 12.4. The molecule has 3 aromatic carbocycles. The molecule has 0 amide bonds. The van der Waals surface area contributed by atoms with Crippen molar-refractivity contribution in [2.45, 2.75) is 33.2 Å². The van der Waals surface area contributed by atoms with Crippen LogP contribution >= 0.6 is 0 Å². The largest absolute Gasteiger partial charge is 0.491 e. The number of imidazole rings is 1. The fraction of sp³-hybridized carbons (Fsp3) is 0.200. The van der Waals surface area contributed by atoms with Gasteiger partial charge in [0, 0.05) is 34.6 Å². The molecule has 1 unspecified atom stereocenters. The predicted octanol–water partition coefficient (Wildman–Crippen LogP) is 6.82. The van der Waals surface area contributed by atoms with Crippen LogP contribution in [0.15, 0.2) is 73.1 Å². The summed E-state index contributed by atoms with van der Waals surface area (Å²) in [5, 5.41) is 5.32. The molecule has 0 aliphatic heterocycles. The highest BCUT2D eigenvalue weighted by Crippen LogP contribution is 2.35. The molecular formula is C30H30FN5O. The maximum absolute atomic E-state index is 15.9. The number of hydrogen-bond donors (Lipinski definition) is 3. The van der Waals surface area contributed by atoms with E-state index in [1.165, 1.54) is 0 Å². The lowest BCUT2D eigenvalue weighted by molar-refractivity contribution is 0.319. The second kappa shape index (κ2) is 10.3. The fourth-order valence-corrected chi connectivity index (χ4v) is 4.59. The van der Waals surface area contributed by atoms with Crippen molar-refractivity contribution < 1.29 is 9.13 Å². The molecule has 5 rings (SSSR count). The summed E-state index contributed by atoms with van der Waals surface area (Å²) in [5.41, 5.74) is 11.2. The molecule has 0 saturated carbocycles. The molecule has 0 fully saturated rings. The molecular weight excluding hydrogens is 465 g/mol. The molecule has 2 heterocycles. The number of nitrogen functional groups attached to an aromatic ring is 1. The molecule has 37 heavy (non-hydrogen) atoms. The van der Waals surface area contributed by atoms with E-state index in [1.807, 2.05) is 81.6 Å².